The first-order chi connectivity index (χ1) is 6.36. The zero-order chi connectivity index (χ0) is 9.52. The highest BCUT2D eigenvalue weighted by Crippen LogP contribution is 2.14. The maximum absolute atomic E-state index is 5.27. The largest absolute Gasteiger partial charge is 0.381 e. The van der Waals surface area contributed by atoms with Gasteiger partial charge >= 0.3 is 0 Å². The Morgan fingerprint density at radius 1 is 1.69 bits per heavy atom. The molecule has 1 atom stereocenters. The molecule has 76 valence electrons. The standard InChI is InChI=1S/C8H18N4O/c1-10-8(12-9)11-4-2-7-3-5-13-6-7/h7H,2-6,9H2,1H3,(H2,10,11,12). The Balaban J connectivity index is 2.05. The van der Waals surface area contributed by atoms with Gasteiger partial charge in [-0.2, -0.15) is 0 Å². The van der Waals surface area contributed by atoms with E-state index in [9.17, 15) is 0 Å². The van der Waals surface area contributed by atoms with Crippen LogP contribution in [-0.4, -0.2) is 32.8 Å². The van der Waals surface area contributed by atoms with Gasteiger partial charge in [-0.05, 0) is 18.8 Å². The summed E-state index contributed by atoms with van der Waals surface area (Å²) in [6.45, 7) is 2.70. The Hall–Kier alpha value is -0.810. The maximum atomic E-state index is 5.27. The number of aliphatic imine (C=N–C) groups is 1. The molecule has 0 aliphatic carbocycles. The Bertz CT molecular complexity index is 166. The second-order valence-electron chi connectivity index (χ2n) is 3.16. The van der Waals surface area contributed by atoms with Gasteiger partial charge < -0.3 is 10.1 Å². The van der Waals surface area contributed by atoms with Crippen molar-refractivity contribution < 1.29 is 4.74 Å². The van der Waals surface area contributed by atoms with Crippen LogP contribution in [0.3, 0.4) is 0 Å². The molecule has 0 bridgehead atoms. The van der Waals surface area contributed by atoms with Crippen molar-refractivity contribution in [3.8, 4) is 0 Å². The van der Waals surface area contributed by atoms with E-state index >= 15 is 0 Å². The molecule has 0 aromatic rings. The van der Waals surface area contributed by atoms with E-state index in [2.05, 4.69) is 15.7 Å². The predicted octanol–water partition coefficient (Wildman–Crippen LogP) is -0.548. The number of hydrazine groups is 1. The van der Waals surface area contributed by atoms with Gasteiger partial charge in [0.05, 0.1) is 0 Å². The summed E-state index contributed by atoms with van der Waals surface area (Å²) in [4.78, 5) is 3.91. The number of rotatable bonds is 3. The van der Waals surface area contributed by atoms with E-state index in [0.717, 1.165) is 26.2 Å². The van der Waals surface area contributed by atoms with Crippen LogP contribution in [0.5, 0.6) is 0 Å². The monoisotopic (exact) mass is 186 g/mol. The molecule has 1 aliphatic rings. The quantitative estimate of drug-likeness (QED) is 0.239. The van der Waals surface area contributed by atoms with E-state index in [1.165, 1.54) is 6.42 Å². The number of guanidine groups is 1. The van der Waals surface area contributed by atoms with Gasteiger partial charge in [-0.25, -0.2) is 5.84 Å². The summed E-state index contributed by atoms with van der Waals surface area (Å²) in [5.74, 6) is 6.54. The number of ether oxygens (including phenoxy) is 1. The molecule has 5 heteroatoms. The zero-order valence-electron chi connectivity index (χ0n) is 8.05. The minimum atomic E-state index is 0.638. The fourth-order valence-electron chi connectivity index (χ4n) is 1.40. The van der Waals surface area contributed by atoms with Gasteiger partial charge in [-0.3, -0.25) is 10.4 Å². The van der Waals surface area contributed by atoms with Crippen LogP contribution in [-0.2, 0) is 4.74 Å². The second kappa shape index (κ2) is 5.77. The molecule has 1 fully saturated rings. The molecule has 13 heavy (non-hydrogen) atoms. The molecule has 0 amide bonds. The summed E-state index contributed by atoms with van der Waals surface area (Å²) in [6.07, 6.45) is 2.29. The molecule has 1 unspecified atom stereocenters. The molecule has 5 nitrogen and oxygen atoms in total. The van der Waals surface area contributed by atoms with Crippen molar-refractivity contribution in [3.05, 3.63) is 0 Å². The first-order valence-electron chi connectivity index (χ1n) is 4.62. The van der Waals surface area contributed by atoms with E-state index in [1.54, 1.807) is 7.05 Å². The number of nitrogens with zero attached hydrogens (tertiary/aromatic N) is 1. The average molecular weight is 186 g/mol. The average Bonchev–Trinajstić information content (AvgIpc) is 2.65. The predicted molar refractivity (Wildman–Crippen MR) is 52.2 cm³/mol. The van der Waals surface area contributed by atoms with Gasteiger partial charge in [0.2, 0.25) is 5.96 Å². The topological polar surface area (TPSA) is 71.7 Å². The van der Waals surface area contributed by atoms with Crippen LogP contribution in [0.1, 0.15) is 12.8 Å². The van der Waals surface area contributed by atoms with Crippen molar-refractivity contribution >= 4 is 5.96 Å². The molecule has 1 rings (SSSR count). The zero-order valence-corrected chi connectivity index (χ0v) is 8.05. The highest BCUT2D eigenvalue weighted by Gasteiger charge is 2.14. The third-order valence-electron chi connectivity index (χ3n) is 2.23. The summed E-state index contributed by atoms with van der Waals surface area (Å²) < 4.78 is 5.27. The number of nitrogens with one attached hydrogen (secondary N) is 2. The maximum Gasteiger partial charge on any atom is 0.205 e. The molecule has 1 heterocycles. The molecular weight excluding hydrogens is 168 g/mol. The van der Waals surface area contributed by atoms with Crippen molar-refractivity contribution in [2.24, 2.45) is 16.8 Å². The highest BCUT2D eigenvalue weighted by atomic mass is 16.5. The molecule has 0 aromatic carbocycles. The summed E-state index contributed by atoms with van der Waals surface area (Å²) in [7, 11) is 1.70. The Morgan fingerprint density at radius 3 is 3.08 bits per heavy atom. The van der Waals surface area contributed by atoms with Crippen LogP contribution in [0, 0.1) is 5.92 Å². The molecule has 1 saturated heterocycles. The number of hydrogen-bond acceptors (Lipinski definition) is 3. The van der Waals surface area contributed by atoms with E-state index < -0.39 is 0 Å². The van der Waals surface area contributed by atoms with Crippen molar-refractivity contribution in [1.82, 2.24) is 10.7 Å². The lowest BCUT2D eigenvalue weighted by Gasteiger charge is -2.10. The van der Waals surface area contributed by atoms with Gasteiger partial charge in [0.1, 0.15) is 0 Å². The van der Waals surface area contributed by atoms with Crippen molar-refractivity contribution in [2.45, 2.75) is 12.8 Å². The third kappa shape index (κ3) is 3.61. The SMILES string of the molecule is CN=C(NN)NCCC1CCOC1. The lowest BCUT2D eigenvalue weighted by Crippen LogP contribution is -2.42. The van der Waals surface area contributed by atoms with Crippen LogP contribution in [0.25, 0.3) is 0 Å². The van der Waals surface area contributed by atoms with Crippen LogP contribution >= 0.6 is 0 Å². The summed E-state index contributed by atoms with van der Waals surface area (Å²) >= 11 is 0. The van der Waals surface area contributed by atoms with E-state index in [-0.39, 0.29) is 0 Å². The molecule has 0 aromatic heterocycles. The number of nitrogens with two attached hydrogens (primary N) is 1. The van der Waals surface area contributed by atoms with Crippen molar-refractivity contribution in [1.29, 1.82) is 0 Å². The third-order valence-corrected chi connectivity index (χ3v) is 2.23. The first-order valence-corrected chi connectivity index (χ1v) is 4.62. The van der Waals surface area contributed by atoms with E-state index in [4.69, 9.17) is 10.6 Å². The van der Waals surface area contributed by atoms with Crippen molar-refractivity contribution in [3.63, 3.8) is 0 Å². The first kappa shape index (κ1) is 10.3. The van der Waals surface area contributed by atoms with Gasteiger partial charge in [0, 0.05) is 26.8 Å². The van der Waals surface area contributed by atoms with Gasteiger partial charge in [-0.15, -0.1) is 0 Å². The Morgan fingerprint density at radius 2 is 2.54 bits per heavy atom. The lowest BCUT2D eigenvalue weighted by atomic mass is 10.1. The summed E-state index contributed by atoms with van der Waals surface area (Å²) in [5, 5.41) is 3.10. The lowest BCUT2D eigenvalue weighted by molar-refractivity contribution is 0.184. The molecule has 4 N–H and O–H groups in total. The highest BCUT2D eigenvalue weighted by molar-refractivity contribution is 5.78. The smallest absolute Gasteiger partial charge is 0.205 e. The van der Waals surface area contributed by atoms with E-state index in [1.807, 2.05) is 0 Å². The molecule has 0 saturated carbocycles. The molecule has 0 radical (unpaired) electrons. The fraction of sp³-hybridized carbons (Fsp3) is 0.875. The van der Waals surface area contributed by atoms with Crippen LogP contribution in [0.15, 0.2) is 4.99 Å². The van der Waals surface area contributed by atoms with Crippen molar-refractivity contribution in [2.75, 3.05) is 26.8 Å². The van der Waals surface area contributed by atoms with Gasteiger partial charge in [0.15, 0.2) is 0 Å². The minimum absolute atomic E-state index is 0.638. The normalized spacial score (nSPS) is 23.2. The summed E-state index contributed by atoms with van der Waals surface area (Å²) in [6, 6.07) is 0. The Labute approximate surface area is 78.7 Å². The Kier molecular flexibility index (Phi) is 4.56. The van der Waals surface area contributed by atoms with Crippen LogP contribution in [0.2, 0.25) is 0 Å². The molecule has 1 aliphatic heterocycles. The number of hydrogen-bond donors (Lipinski definition) is 3. The minimum Gasteiger partial charge on any atom is -0.381 e. The van der Waals surface area contributed by atoms with E-state index in [0.29, 0.717) is 11.9 Å². The van der Waals surface area contributed by atoms with Gasteiger partial charge in [0.25, 0.3) is 0 Å². The van der Waals surface area contributed by atoms with Gasteiger partial charge in [-0.1, -0.05) is 0 Å². The second-order valence-corrected chi connectivity index (χ2v) is 3.16. The molecule has 0 spiro atoms. The fourth-order valence-corrected chi connectivity index (χ4v) is 1.40. The van der Waals surface area contributed by atoms with Crippen LogP contribution < -0.4 is 16.6 Å². The van der Waals surface area contributed by atoms with Crippen LogP contribution in [0.4, 0.5) is 0 Å². The summed E-state index contributed by atoms with van der Waals surface area (Å²) in [5.41, 5.74) is 2.48. The molecular formula is C8H18N4O.